The molecule has 1 heterocycles. The van der Waals surface area contributed by atoms with E-state index in [2.05, 4.69) is 42.9 Å². The fourth-order valence-corrected chi connectivity index (χ4v) is 2.56. The summed E-state index contributed by atoms with van der Waals surface area (Å²) in [6.07, 6.45) is 1.17. The minimum atomic E-state index is -0.0713. The second kappa shape index (κ2) is 7.50. The molecule has 0 unspecified atom stereocenters. The summed E-state index contributed by atoms with van der Waals surface area (Å²) in [6.45, 7) is 8.65. The number of hydrogen-bond acceptors (Lipinski definition) is 3. The van der Waals surface area contributed by atoms with Gasteiger partial charge in [0.2, 0.25) is 0 Å². The Morgan fingerprint density at radius 2 is 2.24 bits per heavy atom. The number of thiophene rings is 1. The molecule has 2 nitrogen and oxygen atoms in total. The van der Waals surface area contributed by atoms with Gasteiger partial charge in [0.1, 0.15) is 6.61 Å². The fraction of sp³-hybridized carbons (Fsp3) is 0.571. The lowest BCUT2D eigenvalue weighted by atomic mass is 10.2. The van der Waals surface area contributed by atoms with Crippen LogP contribution in [0.3, 0.4) is 0 Å². The van der Waals surface area contributed by atoms with E-state index in [0.717, 1.165) is 18.7 Å². The molecule has 0 aromatic carbocycles. The molecule has 0 aliphatic heterocycles. The average Bonchev–Trinajstić information content (AvgIpc) is 2.73. The first kappa shape index (κ1) is 14.2. The van der Waals surface area contributed by atoms with Crippen LogP contribution in [0.15, 0.2) is 11.4 Å². The van der Waals surface area contributed by atoms with Gasteiger partial charge >= 0.3 is 0 Å². The quantitative estimate of drug-likeness (QED) is 0.813. The van der Waals surface area contributed by atoms with Crippen LogP contribution in [-0.4, -0.2) is 29.2 Å². The molecule has 3 heteroatoms. The number of rotatable bonds is 5. The van der Waals surface area contributed by atoms with E-state index in [9.17, 15) is 0 Å². The maximum Gasteiger partial charge on any atom is 0.104 e. The lowest BCUT2D eigenvalue weighted by Gasteiger charge is -2.25. The summed E-state index contributed by atoms with van der Waals surface area (Å²) in [6, 6.07) is 2.59. The molecule has 1 aromatic rings. The third kappa shape index (κ3) is 4.51. The number of aliphatic hydroxyl groups is 1. The highest BCUT2D eigenvalue weighted by molar-refractivity contribution is 7.10. The largest absolute Gasteiger partial charge is 0.384 e. The van der Waals surface area contributed by atoms with Gasteiger partial charge < -0.3 is 5.11 Å². The predicted octanol–water partition coefficient (Wildman–Crippen LogP) is 2.71. The smallest absolute Gasteiger partial charge is 0.104 e. The highest BCUT2D eigenvalue weighted by Crippen LogP contribution is 2.19. The van der Waals surface area contributed by atoms with Crippen LogP contribution in [-0.2, 0) is 6.54 Å². The van der Waals surface area contributed by atoms with Crippen LogP contribution in [0.5, 0.6) is 0 Å². The summed E-state index contributed by atoms with van der Waals surface area (Å²) < 4.78 is 0. The zero-order chi connectivity index (χ0) is 12.7. The van der Waals surface area contributed by atoms with Crippen LogP contribution in [0.4, 0.5) is 0 Å². The predicted molar refractivity (Wildman–Crippen MR) is 74.1 cm³/mol. The molecule has 0 spiro atoms. The lowest BCUT2D eigenvalue weighted by Crippen LogP contribution is -2.30. The Balaban J connectivity index is 2.75. The molecule has 0 amide bonds. The Kier molecular flexibility index (Phi) is 6.28. The summed E-state index contributed by atoms with van der Waals surface area (Å²) >= 11 is 1.75. The van der Waals surface area contributed by atoms with Gasteiger partial charge in [-0.1, -0.05) is 18.8 Å². The zero-order valence-electron chi connectivity index (χ0n) is 10.9. The Morgan fingerprint density at radius 1 is 1.47 bits per heavy atom. The topological polar surface area (TPSA) is 23.5 Å². The van der Waals surface area contributed by atoms with Crippen molar-refractivity contribution < 1.29 is 5.11 Å². The Morgan fingerprint density at radius 3 is 2.82 bits per heavy atom. The summed E-state index contributed by atoms with van der Waals surface area (Å²) in [5, 5.41) is 10.8. The van der Waals surface area contributed by atoms with Crippen LogP contribution in [0, 0.1) is 11.8 Å². The van der Waals surface area contributed by atoms with Gasteiger partial charge in [-0.25, -0.2) is 0 Å². The molecule has 0 aliphatic carbocycles. The van der Waals surface area contributed by atoms with Crippen LogP contribution in [0.25, 0.3) is 0 Å². The summed E-state index contributed by atoms with van der Waals surface area (Å²) in [5.74, 6) is 5.73. The Labute approximate surface area is 108 Å². The molecular formula is C14H21NOS. The van der Waals surface area contributed by atoms with Crippen molar-refractivity contribution in [2.75, 3.05) is 13.2 Å². The van der Waals surface area contributed by atoms with E-state index in [1.165, 1.54) is 11.3 Å². The molecule has 17 heavy (non-hydrogen) atoms. The van der Waals surface area contributed by atoms with Crippen LogP contribution in [0.2, 0.25) is 0 Å². The van der Waals surface area contributed by atoms with Gasteiger partial charge in [0.25, 0.3) is 0 Å². The first-order chi connectivity index (χ1) is 8.19. The molecule has 0 saturated heterocycles. The molecule has 0 aliphatic rings. The molecule has 1 N–H and O–H groups in total. The lowest BCUT2D eigenvalue weighted by molar-refractivity contribution is 0.215. The van der Waals surface area contributed by atoms with Gasteiger partial charge in [-0.05, 0) is 38.3 Å². The number of nitrogens with zero attached hydrogens (tertiary/aromatic N) is 1. The summed E-state index contributed by atoms with van der Waals surface area (Å²) in [4.78, 5) is 3.75. The molecule has 1 rings (SSSR count). The zero-order valence-corrected chi connectivity index (χ0v) is 11.7. The minimum Gasteiger partial charge on any atom is -0.384 e. The third-order valence-corrected chi connectivity index (χ3v) is 3.54. The van der Waals surface area contributed by atoms with Gasteiger partial charge in [-0.3, -0.25) is 4.90 Å². The van der Waals surface area contributed by atoms with Gasteiger partial charge in [-0.15, -0.1) is 11.3 Å². The highest BCUT2D eigenvalue weighted by atomic mass is 32.1. The van der Waals surface area contributed by atoms with E-state index in [1.54, 1.807) is 11.3 Å². The van der Waals surface area contributed by atoms with E-state index in [-0.39, 0.29) is 6.61 Å². The van der Waals surface area contributed by atoms with Crippen molar-refractivity contribution in [2.45, 2.75) is 39.8 Å². The maximum atomic E-state index is 8.73. The first-order valence-electron chi connectivity index (χ1n) is 6.09. The van der Waals surface area contributed by atoms with Crippen molar-refractivity contribution in [1.29, 1.82) is 0 Å². The Hall–Kier alpha value is -0.820. The molecule has 0 saturated carbocycles. The standard InChI is InChI=1S/C14H21NOS/c1-4-8-15(12(2)3)11-14-13(6-5-9-16)7-10-17-14/h7,10,12,16H,4,8-9,11H2,1-3H3. The molecule has 0 radical (unpaired) electrons. The van der Waals surface area contributed by atoms with Crippen molar-refractivity contribution in [2.24, 2.45) is 0 Å². The Bertz CT molecular complexity index is 386. The maximum absolute atomic E-state index is 8.73. The van der Waals surface area contributed by atoms with Crippen molar-refractivity contribution in [1.82, 2.24) is 4.90 Å². The molecular weight excluding hydrogens is 230 g/mol. The SMILES string of the molecule is CCCN(Cc1sccc1C#CCO)C(C)C. The second-order valence-corrected chi connectivity index (χ2v) is 5.28. The van der Waals surface area contributed by atoms with Crippen molar-refractivity contribution in [3.63, 3.8) is 0 Å². The molecule has 94 valence electrons. The van der Waals surface area contributed by atoms with Gasteiger partial charge in [0, 0.05) is 23.0 Å². The molecule has 0 fully saturated rings. The fourth-order valence-electron chi connectivity index (χ4n) is 1.70. The third-order valence-electron chi connectivity index (χ3n) is 2.64. The first-order valence-corrected chi connectivity index (χ1v) is 6.97. The molecule has 1 aromatic heterocycles. The van der Waals surface area contributed by atoms with Crippen molar-refractivity contribution in [3.8, 4) is 11.8 Å². The summed E-state index contributed by atoms with van der Waals surface area (Å²) in [5.41, 5.74) is 1.06. The normalized spacial score (nSPS) is 10.7. The van der Waals surface area contributed by atoms with E-state index >= 15 is 0 Å². The highest BCUT2D eigenvalue weighted by Gasteiger charge is 2.11. The van der Waals surface area contributed by atoms with Crippen LogP contribution < -0.4 is 0 Å². The average molecular weight is 251 g/mol. The monoisotopic (exact) mass is 251 g/mol. The molecule has 0 bridgehead atoms. The minimum absolute atomic E-state index is 0.0713. The van der Waals surface area contributed by atoms with E-state index in [0.29, 0.717) is 6.04 Å². The van der Waals surface area contributed by atoms with Gasteiger partial charge in [-0.2, -0.15) is 0 Å². The number of hydrogen-bond donors (Lipinski definition) is 1. The summed E-state index contributed by atoms with van der Waals surface area (Å²) in [7, 11) is 0. The van der Waals surface area contributed by atoms with E-state index in [4.69, 9.17) is 5.11 Å². The van der Waals surface area contributed by atoms with E-state index in [1.807, 2.05) is 6.07 Å². The van der Waals surface area contributed by atoms with Crippen molar-refractivity contribution >= 4 is 11.3 Å². The van der Waals surface area contributed by atoms with Crippen LogP contribution in [0.1, 0.15) is 37.6 Å². The second-order valence-electron chi connectivity index (χ2n) is 4.28. The van der Waals surface area contributed by atoms with Gasteiger partial charge in [0.05, 0.1) is 0 Å². The van der Waals surface area contributed by atoms with Gasteiger partial charge in [0.15, 0.2) is 0 Å². The molecule has 0 atom stereocenters. The number of aliphatic hydroxyl groups excluding tert-OH is 1. The van der Waals surface area contributed by atoms with Crippen LogP contribution >= 0.6 is 11.3 Å². The van der Waals surface area contributed by atoms with Crippen molar-refractivity contribution in [3.05, 3.63) is 21.9 Å². The van der Waals surface area contributed by atoms with E-state index < -0.39 is 0 Å².